The van der Waals surface area contributed by atoms with Crippen LogP contribution in [0.5, 0.6) is 5.75 Å². The Morgan fingerprint density at radius 2 is 1.65 bits per heavy atom. The summed E-state index contributed by atoms with van der Waals surface area (Å²) in [7, 11) is 3.10. The Morgan fingerprint density at radius 1 is 1.00 bits per heavy atom. The van der Waals surface area contributed by atoms with Crippen molar-refractivity contribution >= 4 is 0 Å². The second-order valence-corrected chi connectivity index (χ2v) is 3.55. The third-order valence-corrected chi connectivity index (χ3v) is 2.44. The summed E-state index contributed by atoms with van der Waals surface area (Å²) < 4.78 is 15.8. The number of hydrogen-bond acceptors (Lipinski definition) is 4. The lowest BCUT2D eigenvalue weighted by Crippen LogP contribution is -2.01. The van der Waals surface area contributed by atoms with Gasteiger partial charge in [-0.3, -0.25) is 0 Å². The maximum absolute atomic E-state index is 9.20. The van der Waals surface area contributed by atoms with Gasteiger partial charge in [0.05, 0.1) is 0 Å². The van der Waals surface area contributed by atoms with Gasteiger partial charge in [-0.15, -0.1) is 0 Å². The standard InChI is InChI=1S/C13H14O4/c1-15-13(16-2)12-8-7-11(17-12)9-3-5-10(14)6-4-9/h3-8,13-14H,1-2H3. The fourth-order valence-electron chi connectivity index (χ4n) is 1.59. The van der Waals surface area contributed by atoms with Crippen molar-refractivity contribution in [2.45, 2.75) is 6.29 Å². The van der Waals surface area contributed by atoms with Gasteiger partial charge in [-0.2, -0.15) is 0 Å². The summed E-state index contributed by atoms with van der Waals surface area (Å²) in [6.45, 7) is 0. The summed E-state index contributed by atoms with van der Waals surface area (Å²) in [6.07, 6.45) is -0.499. The van der Waals surface area contributed by atoms with E-state index in [4.69, 9.17) is 13.9 Å². The first kappa shape index (κ1) is 11.7. The minimum atomic E-state index is -0.499. The van der Waals surface area contributed by atoms with Gasteiger partial charge in [0.25, 0.3) is 0 Å². The minimum absolute atomic E-state index is 0.229. The largest absolute Gasteiger partial charge is 0.508 e. The van der Waals surface area contributed by atoms with E-state index in [1.165, 1.54) is 0 Å². The molecule has 2 rings (SSSR count). The molecule has 0 aliphatic carbocycles. The second kappa shape index (κ2) is 5.03. The third kappa shape index (κ3) is 2.49. The van der Waals surface area contributed by atoms with Crippen molar-refractivity contribution in [2.24, 2.45) is 0 Å². The van der Waals surface area contributed by atoms with Gasteiger partial charge in [-0.05, 0) is 36.4 Å². The highest BCUT2D eigenvalue weighted by molar-refractivity contribution is 5.58. The van der Waals surface area contributed by atoms with Crippen molar-refractivity contribution in [1.29, 1.82) is 0 Å². The number of methoxy groups -OCH3 is 2. The van der Waals surface area contributed by atoms with Crippen LogP contribution in [-0.2, 0) is 9.47 Å². The van der Waals surface area contributed by atoms with Crippen LogP contribution in [0.2, 0.25) is 0 Å². The van der Waals surface area contributed by atoms with Crippen LogP contribution in [0, 0.1) is 0 Å². The zero-order chi connectivity index (χ0) is 12.3. The van der Waals surface area contributed by atoms with Gasteiger partial charge in [0.15, 0.2) is 5.76 Å². The molecule has 90 valence electrons. The number of ether oxygens (including phenoxy) is 2. The van der Waals surface area contributed by atoms with Gasteiger partial charge < -0.3 is 19.0 Å². The Hall–Kier alpha value is -1.78. The Labute approximate surface area is 99.4 Å². The summed E-state index contributed by atoms with van der Waals surface area (Å²) >= 11 is 0. The van der Waals surface area contributed by atoms with E-state index in [1.54, 1.807) is 44.6 Å². The topological polar surface area (TPSA) is 51.8 Å². The van der Waals surface area contributed by atoms with E-state index in [2.05, 4.69) is 0 Å². The number of hydrogen-bond donors (Lipinski definition) is 1. The van der Waals surface area contributed by atoms with Crippen molar-refractivity contribution in [3.63, 3.8) is 0 Å². The Kier molecular flexibility index (Phi) is 3.46. The maximum atomic E-state index is 9.20. The van der Waals surface area contributed by atoms with Gasteiger partial charge in [-0.25, -0.2) is 0 Å². The van der Waals surface area contributed by atoms with Crippen LogP contribution in [-0.4, -0.2) is 19.3 Å². The Bertz CT molecular complexity index is 468. The SMILES string of the molecule is COC(OC)c1ccc(-c2ccc(O)cc2)o1. The Balaban J connectivity index is 2.26. The number of phenols is 1. The first-order valence-corrected chi connectivity index (χ1v) is 5.19. The molecule has 0 spiro atoms. The van der Waals surface area contributed by atoms with E-state index in [-0.39, 0.29) is 5.75 Å². The van der Waals surface area contributed by atoms with E-state index in [9.17, 15) is 5.11 Å². The molecule has 1 aromatic heterocycles. The second-order valence-electron chi connectivity index (χ2n) is 3.55. The fourth-order valence-corrected chi connectivity index (χ4v) is 1.59. The van der Waals surface area contributed by atoms with Crippen molar-refractivity contribution < 1.29 is 19.0 Å². The first-order chi connectivity index (χ1) is 8.24. The van der Waals surface area contributed by atoms with E-state index >= 15 is 0 Å². The lowest BCUT2D eigenvalue weighted by molar-refractivity contribution is -0.117. The van der Waals surface area contributed by atoms with Crippen LogP contribution in [0.3, 0.4) is 0 Å². The highest BCUT2D eigenvalue weighted by Gasteiger charge is 2.14. The molecule has 0 atom stereocenters. The zero-order valence-corrected chi connectivity index (χ0v) is 9.71. The molecule has 17 heavy (non-hydrogen) atoms. The highest BCUT2D eigenvalue weighted by atomic mass is 16.7. The van der Waals surface area contributed by atoms with E-state index in [1.807, 2.05) is 6.07 Å². The van der Waals surface area contributed by atoms with Crippen molar-refractivity contribution in [2.75, 3.05) is 14.2 Å². The fraction of sp³-hybridized carbons (Fsp3) is 0.231. The van der Waals surface area contributed by atoms with Crippen molar-refractivity contribution in [3.8, 4) is 17.1 Å². The number of phenolic OH excluding ortho intramolecular Hbond substituents is 1. The van der Waals surface area contributed by atoms with Gasteiger partial charge >= 0.3 is 0 Å². The molecular weight excluding hydrogens is 220 g/mol. The molecule has 0 amide bonds. The zero-order valence-electron chi connectivity index (χ0n) is 9.71. The smallest absolute Gasteiger partial charge is 0.216 e. The number of benzene rings is 1. The molecule has 0 radical (unpaired) electrons. The van der Waals surface area contributed by atoms with Crippen molar-refractivity contribution in [3.05, 3.63) is 42.2 Å². The average molecular weight is 234 g/mol. The number of furan rings is 1. The highest BCUT2D eigenvalue weighted by Crippen LogP contribution is 2.27. The van der Waals surface area contributed by atoms with E-state index < -0.39 is 6.29 Å². The molecule has 0 saturated heterocycles. The molecular formula is C13H14O4. The Morgan fingerprint density at radius 3 is 2.24 bits per heavy atom. The number of rotatable bonds is 4. The first-order valence-electron chi connectivity index (χ1n) is 5.19. The van der Waals surface area contributed by atoms with Gasteiger partial charge in [0.1, 0.15) is 11.5 Å². The molecule has 0 bridgehead atoms. The van der Waals surface area contributed by atoms with Gasteiger partial charge in [-0.1, -0.05) is 0 Å². The van der Waals surface area contributed by atoms with Gasteiger partial charge in [0.2, 0.25) is 6.29 Å². The van der Waals surface area contributed by atoms with Crippen LogP contribution in [0.1, 0.15) is 12.1 Å². The molecule has 0 fully saturated rings. The molecule has 1 N–H and O–H groups in total. The van der Waals surface area contributed by atoms with Crippen molar-refractivity contribution in [1.82, 2.24) is 0 Å². The summed E-state index contributed by atoms with van der Waals surface area (Å²) in [5, 5.41) is 9.20. The molecule has 0 aliphatic rings. The lowest BCUT2D eigenvalue weighted by atomic mass is 10.2. The van der Waals surface area contributed by atoms with E-state index in [0.29, 0.717) is 11.5 Å². The normalized spacial score (nSPS) is 11.0. The van der Waals surface area contributed by atoms with Crippen LogP contribution >= 0.6 is 0 Å². The molecule has 0 saturated carbocycles. The molecule has 0 aliphatic heterocycles. The molecule has 4 nitrogen and oxygen atoms in total. The summed E-state index contributed by atoms with van der Waals surface area (Å²) in [4.78, 5) is 0. The predicted octanol–water partition coefficient (Wildman–Crippen LogP) is 2.94. The molecule has 1 aromatic carbocycles. The van der Waals surface area contributed by atoms with Gasteiger partial charge in [0, 0.05) is 19.8 Å². The lowest BCUT2D eigenvalue weighted by Gasteiger charge is -2.09. The molecule has 0 unspecified atom stereocenters. The minimum Gasteiger partial charge on any atom is -0.508 e. The quantitative estimate of drug-likeness (QED) is 0.826. The van der Waals surface area contributed by atoms with Crippen LogP contribution in [0.25, 0.3) is 11.3 Å². The maximum Gasteiger partial charge on any atom is 0.216 e. The molecule has 1 heterocycles. The summed E-state index contributed by atoms with van der Waals surface area (Å²) in [5.41, 5.74) is 0.889. The van der Waals surface area contributed by atoms with Crippen LogP contribution < -0.4 is 0 Å². The third-order valence-electron chi connectivity index (χ3n) is 2.44. The average Bonchev–Trinajstić information content (AvgIpc) is 2.81. The van der Waals surface area contributed by atoms with E-state index in [0.717, 1.165) is 5.56 Å². The van der Waals surface area contributed by atoms with Crippen LogP contribution in [0.15, 0.2) is 40.8 Å². The number of aromatic hydroxyl groups is 1. The molecule has 4 heteroatoms. The predicted molar refractivity (Wildman–Crippen MR) is 62.6 cm³/mol. The monoisotopic (exact) mass is 234 g/mol. The van der Waals surface area contributed by atoms with Crippen LogP contribution in [0.4, 0.5) is 0 Å². The summed E-state index contributed by atoms with van der Waals surface area (Å²) in [5.74, 6) is 1.55. The summed E-state index contributed by atoms with van der Waals surface area (Å²) in [6, 6.07) is 10.4. The molecule has 2 aromatic rings.